The number of nitrogens with one attached hydrogen (secondary N) is 1. The van der Waals surface area contributed by atoms with Gasteiger partial charge in [0.15, 0.2) is 5.01 Å². The number of anilines is 1. The van der Waals surface area contributed by atoms with E-state index >= 15 is 0 Å². The molecule has 0 amide bonds. The van der Waals surface area contributed by atoms with E-state index in [2.05, 4.69) is 38.4 Å². The Balaban J connectivity index is 1.86. The first kappa shape index (κ1) is 13.3. The van der Waals surface area contributed by atoms with E-state index in [0.717, 1.165) is 33.3 Å². The maximum absolute atomic E-state index is 5.62. The van der Waals surface area contributed by atoms with Gasteiger partial charge in [-0.25, -0.2) is 0 Å². The van der Waals surface area contributed by atoms with Crippen molar-refractivity contribution in [3.63, 3.8) is 0 Å². The predicted molar refractivity (Wildman–Crippen MR) is 77.2 cm³/mol. The second-order valence-electron chi connectivity index (χ2n) is 3.67. The summed E-state index contributed by atoms with van der Waals surface area (Å²) in [7, 11) is 0. The lowest BCUT2D eigenvalue weighted by Crippen LogP contribution is -1.98. The zero-order valence-corrected chi connectivity index (χ0v) is 12.4. The van der Waals surface area contributed by atoms with Crippen LogP contribution in [0.5, 0.6) is 5.75 Å². The average molecular weight is 328 g/mol. The van der Waals surface area contributed by atoms with Crippen molar-refractivity contribution in [3.8, 4) is 5.75 Å². The molecular formula is C12H14BrN3OS. The van der Waals surface area contributed by atoms with Crippen molar-refractivity contribution in [1.82, 2.24) is 10.2 Å². The van der Waals surface area contributed by atoms with E-state index in [1.165, 1.54) is 11.3 Å². The molecule has 4 nitrogen and oxygen atoms in total. The van der Waals surface area contributed by atoms with Gasteiger partial charge in [0.05, 0.1) is 0 Å². The molecular weight excluding hydrogens is 314 g/mol. The quantitative estimate of drug-likeness (QED) is 0.878. The summed E-state index contributed by atoms with van der Waals surface area (Å²) in [6, 6.07) is 7.73. The van der Waals surface area contributed by atoms with E-state index in [1.807, 2.05) is 24.3 Å². The van der Waals surface area contributed by atoms with Crippen LogP contribution in [0.15, 0.2) is 28.7 Å². The largest absolute Gasteiger partial charge is 0.486 e. The molecule has 6 heteroatoms. The highest BCUT2D eigenvalue weighted by molar-refractivity contribution is 9.10. The van der Waals surface area contributed by atoms with Crippen LogP contribution in [-0.4, -0.2) is 16.7 Å². The lowest BCUT2D eigenvalue weighted by atomic mass is 10.3. The molecule has 1 N–H and O–H groups in total. The lowest BCUT2D eigenvalue weighted by molar-refractivity contribution is 0.304. The maximum atomic E-state index is 5.62. The first-order valence-corrected chi connectivity index (χ1v) is 7.33. The summed E-state index contributed by atoms with van der Waals surface area (Å²) in [5.41, 5.74) is 0. The van der Waals surface area contributed by atoms with Crippen molar-refractivity contribution in [1.29, 1.82) is 0 Å². The predicted octanol–water partition coefficient (Wildman–Crippen LogP) is 3.70. The van der Waals surface area contributed by atoms with Crippen LogP contribution >= 0.6 is 27.3 Å². The maximum Gasteiger partial charge on any atom is 0.205 e. The standard InChI is InChI=1S/C12H14BrN3OS/c1-2-7-14-12-16-15-11(18-12)8-17-10-5-3-9(13)4-6-10/h3-6H,2,7-8H2,1H3,(H,14,16). The minimum Gasteiger partial charge on any atom is -0.486 e. The van der Waals surface area contributed by atoms with Gasteiger partial charge >= 0.3 is 0 Å². The summed E-state index contributed by atoms with van der Waals surface area (Å²) in [5.74, 6) is 0.830. The first-order chi connectivity index (χ1) is 8.78. The monoisotopic (exact) mass is 327 g/mol. The molecule has 0 spiro atoms. The Morgan fingerprint density at radius 2 is 2.06 bits per heavy atom. The molecule has 0 atom stereocenters. The van der Waals surface area contributed by atoms with Gasteiger partial charge < -0.3 is 10.1 Å². The third kappa shape index (κ3) is 3.96. The molecule has 18 heavy (non-hydrogen) atoms. The van der Waals surface area contributed by atoms with Crippen molar-refractivity contribution in [2.24, 2.45) is 0 Å². The smallest absolute Gasteiger partial charge is 0.205 e. The molecule has 0 saturated heterocycles. The molecule has 0 fully saturated rings. The number of rotatable bonds is 6. The Labute approximate surface area is 119 Å². The van der Waals surface area contributed by atoms with Gasteiger partial charge in [0.25, 0.3) is 0 Å². The van der Waals surface area contributed by atoms with Gasteiger partial charge in [-0.2, -0.15) is 0 Å². The van der Waals surface area contributed by atoms with Gasteiger partial charge in [-0.1, -0.05) is 34.2 Å². The van der Waals surface area contributed by atoms with Crippen LogP contribution in [0.25, 0.3) is 0 Å². The number of halogens is 1. The highest BCUT2D eigenvalue weighted by Gasteiger charge is 2.04. The minimum atomic E-state index is 0.451. The number of nitrogens with zero attached hydrogens (tertiary/aromatic N) is 2. The highest BCUT2D eigenvalue weighted by atomic mass is 79.9. The molecule has 2 rings (SSSR count). The lowest BCUT2D eigenvalue weighted by Gasteiger charge is -2.02. The van der Waals surface area contributed by atoms with Gasteiger partial charge in [0, 0.05) is 11.0 Å². The second kappa shape index (κ2) is 6.70. The van der Waals surface area contributed by atoms with Gasteiger partial charge in [0.2, 0.25) is 5.13 Å². The Kier molecular flexibility index (Phi) is 4.95. The summed E-state index contributed by atoms with van der Waals surface area (Å²) >= 11 is 4.91. The van der Waals surface area contributed by atoms with Crippen LogP contribution in [0.3, 0.4) is 0 Å². The normalized spacial score (nSPS) is 10.3. The van der Waals surface area contributed by atoms with Gasteiger partial charge in [-0.05, 0) is 30.7 Å². The second-order valence-corrected chi connectivity index (χ2v) is 5.65. The number of aromatic nitrogens is 2. The third-order valence-corrected chi connectivity index (χ3v) is 3.55. The van der Waals surface area contributed by atoms with Gasteiger partial charge in [-0.3, -0.25) is 0 Å². The van der Waals surface area contributed by atoms with Crippen LogP contribution in [0.1, 0.15) is 18.4 Å². The van der Waals surface area contributed by atoms with Gasteiger partial charge in [-0.15, -0.1) is 10.2 Å². The summed E-state index contributed by atoms with van der Waals surface area (Å²) in [5, 5.41) is 13.1. The summed E-state index contributed by atoms with van der Waals surface area (Å²) < 4.78 is 6.66. The van der Waals surface area contributed by atoms with E-state index < -0.39 is 0 Å². The molecule has 1 aromatic carbocycles. The molecule has 0 aliphatic carbocycles. The first-order valence-electron chi connectivity index (χ1n) is 5.72. The van der Waals surface area contributed by atoms with E-state index in [-0.39, 0.29) is 0 Å². The third-order valence-electron chi connectivity index (χ3n) is 2.17. The van der Waals surface area contributed by atoms with Crippen molar-refractivity contribution in [2.75, 3.05) is 11.9 Å². The zero-order chi connectivity index (χ0) is 12.8. The fourth-order valence-corrected chi connectivity index (χ4v) is 2.23. The van der Waals surface area contributed by atoms with Crippen molar-refractivity contribution >= 4 is 32.4 Å². The molecule has 1 heterocycles. The molecule has 2 aromatic rings. The highest BCUT2D eigenvalue weighted by Crippen LogP contribution is 2.19. The Morgan fingerprint density at radius 1 is 1.28 bits per heavy atom. The number of ether oxygens (including phenoxy) is 1. The number of hydrogen-bond donors (Lipinski definition) is 1. The molecule has 0 unspecified atom stereocenters. The SMILES string of the molecule is CCCNc1nnc(COc2ccc(Br)cc2)s1. The molecule has 0 saturated carbocycles. The summed E-state index contributed by atoms with van der Waals surface area (Å²) in [6.45, 7) is 3.49. The molecule has 0 radical (unpaired) electrons. The fraction of sp³-hybridized carbons (Fsp3) is 0.333. The summed E-state index contributed by atoms with van der Waals surface area (Å²) in [4.78, 5) is 0. The Bertz CT molecular complexity index is 486. The van der Waals surface area contributed by atoms with Crippen molar-refractivity contribution in [2.45, 2.75) is 20.0 Å². The van der Waals surface area contributed by atoms with Crippen LogP contribution in [0.4, 0.5) is 5.13 Å². The summed E-state index contributed by atoms with van der Waals surface area (Å²) in [6.07, 6.45) is 1.07. The van der Waals surface area contributed by atoms with Crippen molar-refractivity contribution < 1.29 is 4.74 Å². The number of hydrogen-bond acceptors (Lipinski definition) is 5. The zero-order valence-electron chi connectivity index (χ0n) is 10.0. The topological polar surface area (TPSA) is 47.0 Å². The number of benzene rings is 1. The van der Waals surface area contributed by atoms with Crippen LogP contribution in [0, 0.1) is 0 Å². The fourth-order valence-electron chi connectivity index (χ4n) is 1.29. The van der Waals surface area contributed by atoms with Crippen LogP contribution in [0.2, 0.25) is 0 Å². The van der Waals surface area contributed by atoms with E-state index in [9.17, 15) is 0 Å². The molecule has 1 aromatic heterocycles. The van der Waals surface area contributed by atoms with Gasteiger partial charge in [0.1, 0.15) is 12.4 Å². The minimum absolute atomic E-state index is 0.451. The van der Waals surface area contributed by atoms with E-state index in [1.54, 1.807) is 0 Å². The molecule has 0 aliphatic rings. The van der Waals surface area contributed by atoms with Crippen LogP contribution < -0.4 is 10.1 Å². The van der Waals surface area contributed by atoms with E-state index in [4.69, 9.17) is 4.74 Å². The molecule has 96 valence electrons. The molecule has 0 bridgehead atoms. The Morgan fingerprint density at radius 3 is 2.78 bits per heavy atom. The van der Waals surface area contributed by atoms with Crippen molar-refractivity contribution in [3.05, 3.63) is 33.7 Å². The Hall–Kier alpha value is -1.14. The van der Waals surface area contributed by atoms with Crippen LogP contribution in [-0.2, 0) is 6.61 Å². The van der Waals surface area contributed by atoms with E-state index in [0.29, 0.717) is 6.61 Å². The average Bonchev–Trinajstić information content (AvgIpc) is 2.84. The molecule has 0 aliphatic heterocycles.